The molecule has 2 rings (SSSR count). The number of nitro groups is 1. The number of amides is 1. The van der Waals surface area contributed by atoms with Gasteiger partial charge in [-0.1, -0.05) is 6.92 Å². The maximum atomic E-state index is 12.5. The Hall–Kier alpha value is -1.56. The Morgan fingerprint density at radius 2 is 2.10 bits per heavy atom. The van der Waals surface area contributed by atoms with Crippen molar-refractivity contribution < 1.29 is 9.72 Å². The predicted molar refractivity (Wildman–Crippen MR) is 81.5 cm³/mol. The molecule has 0 saturated heterocycles. The lowest BCUT2D eigenvalue weighted by Gasteiger charge is -2.20. The summed E-state index contributed by atoms with van der Waals surface area (Å²) in [6, 6.07) is 4.69. The molecule has 0 atom stereocenters. The average molecular weight is 294 g/mol. The highest BCUT2D eigenvalue weighted by Crippen LogP contribution is 2.43. The number of anilines is 1. The van der Waals surface area contributed by atoms with Crippen molar-refractivity contribution in [1.82, 2.24) is 0 Å². The van der Waals surface area contributed by atoms with Gasteiger partial charge in [0.2, 0.25) is 5.91 Å². The van der Waals surface area contributed by atoms with Crippen molar-refractivity contribution in [3.05, 3.63) is 33.9 Å². The fourth-order valence-corrected chi connectivity index (χ4v) is 3.07. The highest BCUT2D eigenvalue weighted by molar-refractivity contribution is 7.99. The molecule has 5 nitrogen and oxygen atoms in total. The second kappa shape index (κ2) is 5.44. The number of nitrogens with zero attached hydrogens (tertiary/aromatic N) is 2. The van der Waals surface area contributed by atoms with Gasteiger partial charge >= 0.3 is 0 Å². The van der Waals surface area contributed by atoms with Crippen molar-refractivity contribution >= 4 is 29.0 Å². The number of non-ortho nitro benzene ring substituents is 1. The van der Waals surface area contributed by atoms with Crippen LogP contribution in [0.3, 0.4) is 0 Å². The van der Waals surface area contributed by atoms with Crippen LogP contribution in [-0.2, 0) is 10.2 Å². The lowest BCUT2D eigenvalue weighted by Crippen LogP contribution is -2.37. The van der Waals surface area contributed by atoms with Crippen LogP contribution >= 0.6 is 11.8 Å². The van der Waals surface area contributed by atoms with Crippen molar-refractivity contribution in [2.24, 2.45) is 0 Å². The summed E-state index contributed by atoms with van der Waals surface area (Å²) in [4.78, 5) is 24.7. The molecule has 1 amide bonds. The normalized spacial score (nSPS) is 16.4. The van der Waals surface area contributed by atoms with Gasteiger partial charge in [-0.3, -0.25) is 14.9 Å². The molecule has 1 aliphatic rings. The van der Waals surface area contributed by atoms with E-state index in [0.29, 0.717) is 12.2 Å². The van der Waals surface area contributed by atoms with Gasteiger partial charge in [-0.2, -0.15) is 11.8 Å². The van der Waals surface area contributed by atoms with Crippen molar-refractivity contribution in [3.63, 3.8) is 0 Å². The monoisotopic (exact) mass is 294 g/mol. The summed E-state index contributed by atoms with van der Waals surface area (Å²) in [7, 11) is 0. The summed E-state index contributed by atoms with van der Waals surface area (Å²) < 4.78 is 0. The summed E-state index contributed by atoms with van der Waals surface area (Å²) in [5, 5.41) is 10.9. The largest absolute Gasteiger partial charge is 0.310 e. The van der Waals surface area contributed by atoms with E-state index in [1.54, 1.807) is 22.7 Å². The quantitative estimate of drug-likeness (QED) is 0.476. The summed E-state index contributed by atoms with van der Waals surface area (Å²) in [5.41, 5.74) is 0.976. The molecule has 0 aliphatic carbocycles. The minimum atomic E-state index is -0.610. The van der Waals surface area contributed by atoms with Gasteiger partial charge in [0.1, 0.15) is 0 Å². The van der Waals surface area contributed by atoms with Crippen LogP contribution in [0.4, 0.5) is 11.4 Å². The first-order valence-corrected chi connectivity index (χ1v) is 7.73. The first-order chi connectivity index (χ1) is 9.39. The minimum absolute atomic E-state index is 0.0182. The zero-order valence-corrected chi connectivity index (χ0v) is 12.7. The summed E-state index contributed by atoms with van der Waals surface area (Å²) in [6.07, 6.45) is 0. The summed E-state index contributed by atoms with van der Waals surface area (Å²) >= 11 is 1.75. The van der Waals surface area contributed by atoms with E-state index in [1.807, 2.05) is 13.8 Å². The molecule has 1 aromatic carbocycles. The number of nitro benzene ring substituents is 1. The lowest BCUT2D eigenvalue weighted by atomic mass is 9.86. The van der Waals surface area contributed by atoms with Crippen LogP contribution in [0.5, 0.6) is 0 Å². The number of carbonyl (C=O) groups is 1. The van der Waals surface area contributed by atoms with E-state index in [9.17, 15) is 14.9 Å². The minimum Gasteiger partial charge on any atom is -0.310 e. The molecule has 0 saturated carbocycles. The van der Waals surface area contributed by atoms with E-state index in [1.165, 1.54) is 12.1 Å². The van der Waals surface area contributed by atoms with Gasteiger partial charge in [0.25, 0.3) is 5.69 Å². The van der Waals surface area contributed by atoms with E-state index in [-0.39, 0.29) is 11.6 Å². The first kappa shape index (κ1) is 14.8. The molecule has 6 heteroatoms. The molecular weight excluding hydrogens is 276 g/mol. The first-order valence-electron chi connectivity index (χ1n) is 6.58. The maximum Gasteiger partial charge on any atom is 0.271 e. The standard InChI is InChI=1S/C14H18N2O3S/c1-4-20-8-7-15-12-9-10(16(18)19)5-6-11(12)14(2,3)13(15)17/h5-6,9H,4,7-8H2,1-3H3. The maximum absolute atomic E-state index is 12.5. The Morgan fingerprint density at radius 1 is 1.40 bits per heavy atom. The Labute approximate surface area is 122 Å². The number of rotatable bonds is 5. The van der Waals surface area contributed by atoms with Crippen LogP contribution in [0.2, 0.25) is 0 Å². The van der Waals surface area contributed by atoms with Gasteiger partial charge < -0.3 is 4.90 Å². The van der Waals surface area contributed by atoms with E-state index in [0.717, 1.165) is 17.1 Å². The van der Waals surface area contributed by atoms with Gasteiger partial charge in [-0.15, -0.1) is 0 Å². The van der Waals surface area contributed by atoms with Gasteiger partial charge in [0.15, 0.2) is 0 Å². The number of fused-ring (bicyclic) bond motifs is 1. The van der Waals surface area contributed by atoms with Crippen LogP contribution in [0.25, 0.3) is 0 Å². The van der Waals surface area contributed by atoms with Crippen LogP contribution in [0, 0.1) is 10.1 Å². The van der Waals surface area contributed by atoms with Gasteiger partial charge in [0.05, 0.1) is 16.0 Å². The highest BCUT2D eigenvalue weighted by atomic mass is 32.2. The van der Waals surface area contributed by atoms with E-state index < -0.39 is 10.3 Å². The van der Waals surface area contributed by atoms with Crippen LogP contribution in [-0.4, -0.2) is 28.9 Å². The fraction of sp³-hybridized carbons (Fsp3) is 0.500. The highest BCUT2D eigenvalue weighted by Gasteiger charge is 2.44. The molecule has 0 radical (unpaired) electrons. The van der Waals surface area contributed by atoms with E-state index >= 15 is 0 Å². The number of hydrogen-bond acceptors (Lipinski definition) is 4. The Bertz CT molecular complexity index is 557. The number of thioether (sulfide) groups is 1. The van der Waals surface area contributed by atoms with Gasteiger partial charge in [-0.05, 0) is 31.2 Å². The summed E-state index contributed by atoms with van der Waals surface area (Å²) in [5.74, 6) is 1.85. The number of benzene rings is 1. The molecule has 20 heavy (non-hydrogen) atoms. The SMILES string of the molecule is CCSCCN1C(=O)C(C)(C)c2ccc([N+](=O)[O-])cc21. The molecule has 0 bridgehead atoms. The third-order valence-corrected chi connectivity index (χ3v) is 4.48. The molecule has 1 heterocycles. The number of hydrogen-bond donors (Lipinski definition) is 0. The van der Waals surface area contributed by atoms with Crippen molar-refractivity contribution in [3.8, 4) is 0 Å². The molecule has 1 aliphatic heterocycles. The third-order valence-electron chi connectivity index (χ3n) is 3.60. The second-order valence-corrected chi connectivity index (χ2v) is 6.63. The smallest absolute Gasteiger partial charge is 0.271 e. The average Bonchev–Trinajstić information content (AvgIpc) is 2.59. The lowest BCUT2D eigenvalue weighted by molar-refractivity contribution is -0.384. The molecule has 1 aromatic rings. The second-order valence-electron chi connectivity index (χ2n) is 5.24. The predicted octanol–water partition coefficient (Wildman–Crippen LogP) is 2.97. The number of carbonyl (C=O) groups excluding carboxylic acids is 1. The van der Waals surface area contributed by atoms with Crippen molar-refractivity contribution in [2.45, 2.75) is 26.2 Å². The molecular formula is C14H18N2O3S. The van der Waals surface area contributed by atoms with Gasteiger partial charge in [-0.25, -0.2) is 0 Å². The topological polar surface area (TPSA) is 63.5 Å². The van der Waals surface area contributed by atoms with Gasteiger partial charge in [0, 0.05) is 24.4 Å². The Balaban J connectivity index is 2.39. The Kier molecular flexibility index (Phi) is 4.04. The molecule has 0 fully saturated rings. The van der Waals surface area contributed by atoms with Crippen molar-refractivity contribution in [1.29, 1.82) is 0 Å². The van der Waals surface area contributed by atoms with Crippen LogP contribution < -0.4 is 4.90 Å². The Morgan fingerprint density at radius 3 is 2.70 bits per heavy atom. The van der Waals surface area contributed by atoms with Crippen LogP contribution in [0.1, 0.15) is 26.3 Å². The third kappa shape index (κ3) is 2.40. The summed E-state index contributed by atoms with van der Waals surface area (Å²) in [6.45, 7) is 6.40. The zero-order valence-electron chi connectivity index (χ0n) is 11.9. The molecule has 0 N–H and O–H groups in total. The molecule has 108 valence electrons. The molecule has 0 unspecified atom stereocenters. The van der Waals surface area contributed by atoms with E-state index in [4.69, 9.17) is 0 Å². The molecule has 0 spiro atoms. The van der Waals surface area contributed by atoms with Crippen LogP contribution in [0.15, 0.2) is 18.2 Å². The van der Waals surface area contributed by atoms with E-state index in [2.05, 4.69) is 6.92 Å². The van der Waals surface area contributed by atoms with Crippen molar-refractivity contribution in [2.75, 3.05) is 23.0 Å². The molecule has 0 aromatic heterocycles. The zero-order chi connectivity index (χ0) is 14.9. The fourth-order valence-electron chi connectivity index (χ4n) is 2.47.